The molecule has 82 valence electrons. The molecule has 4 heteroatoms. The van der Waals surface area contributed by atoms with E-state index in [4.69, 9.17) is 4.74 Å². The van der Waals surface area contributed by atoms with Crippen molar-refractivity contribution in [2.75, 3.05) is 7.11 Å². The quantitative estimate of drug-likeness (QED) is 0.627. The lowest BCUT2D eigenvalue weighted by molar-refractivity contribution is 0.0603. The molecule has 0 N–H and O–H groups in total. The maximum atomic E-state index is 11.6. The fraction of sp³-hybridized carbons (Fsp3) is 0.167. The van der Waals surface area contributed by atoms with E-state index in [0.717, 1.165) is 16.6 Å². The van der Waals surface area contributed by atoms with E-state index in [2.05, 4.69) is 20.9 Å². The number of halogens is 1. The van der Waals surface area contributed by atoms with Crippen molar-refractivity contribution in [3.05, 3.63) is 41.6 Å². The average molecular weight is 280 g/mol. The molecule has 0 aliphatic rings. The highest BCUT2D eigenvalue weighted by atomic mass is 79.9. The smallest absolute Gasteiger partial charge is 0.338 e. The Labute approximate surface area is 102 Å². The molecule has 1 aromatic heterocycles. The SMILES string of the molecule is COC(=O)c1cc(CBr)nc2ccccc12. The summed E-state index contributed by atoms with van der Waals surface area (Å²) in [5.41, 5.74) is 2.18. The van der Waals surface area contributed by atoms with E-state index in [1.807, 2.05) is 24.3 Å². The molecule has 0 spiro atoms. The van der Waals surface area contributed by atoms with Crippen LogP contribution in [-0.4, -0.2) is 18.1 Å². The van der Waals surface area contributed by atoms with E-state index in [1.165, 1.54) is 7.11 Å². The minimum absolute atomic E-state index is 0.333. The first-order chi connectivity index (χ1) is 7.76. The van der Waals surface area contributed by atoms with Crippen LogP contribution in [0.15, 0.2) is 30.3 Å². The van der Waals surface area contributed by atoms with Crippen molar-refractivity contribution < 1.29 is 9.53 Å². The minimum atomic E-state index is -0.333. The zero-order chi connectivity index (χ0) is 11.5. The molecule has 1 heterocycles. The zero-order valence-electron chi connectivity index (χ0n) is 8.74. The molecule has 0 fully saturated rings. The number of esters is 1. The van der Waals surface area contributed by atoms with Crippen LogP contribution in [0.4, 0.5) is 0 Å². The average Bonchev–Trinajstić information content (AvgIpc) is 2.36. The van der Waals surface area contributed by atoms with E-state index in [-0.39, 0.29) is 5.97 Å². The molecule has 0 bridgehead atoms. The molecule has 2 rings (SSSR count). The summed E-state index contributed by atoms with van der Waals surface area (Å²) < 4.78 is 4.76. The Morgan fingerprint density at radius 3 is 2.88 bits per heavy atom. The van der Waals surface area contributed by atoms with Gasteiger partial charge in [0.2, 0.25) is 0 Å². The van der Waals surface area contributed by atoms with Crippen molar-refractivity contribution in [1.29, 1.82) is 0 Å². The molecule has 2 aromatic rings. The number of para-hydroxylation sites is 1. The van der Waals surface area contributed by atoms with Gasteiger partial charge in [-0.15, -0.1) is 0 Å². The summed E-state index contributed by atoms with van der Waals surface area (Å²) in [6.45, 7) is 0. The van der Waals surface area contributed by atoms with Crippen molar-refractivity contribution in [2.45, 2.75) is 5.33 Å². The lowest BCUT2D eigenvalue weighted by Gasteiger charge is -2.06. The molecule has 1 aromatic carbocycles. The van der Waals surface area contributed by atoms with Gasteiger partial charge in [0.05, 0.1) is 23.9 Å². The van der Waals surface area contributed by atoms with Crippen LogP contribution in [0.5, 0.6) is 0 Å². The number of carbonyl (C=O) groups is 1. The summed E-state index contributed by atoms with van der Waals surface area (Å²) in [6, 6.07) is 9.28. The zero-order valence-corrected chi connectivity index (χ0v) is 10.3. The topological polar surface area (TPSA) is 39.2 Å². The van der Waals surface area contributed by atoms with Gasteiger partial charge in [-0.05, 0) is 12.1 Å². The van der Waals surface area contributed by atoms with E-state index < -0.39 is 0 Å². The summed E-state index contributed by atoms with van der Waals surface area (Å²) in [6.07, 6.45) is 0. The van der Waals surface area contributed by atoms with Crippen LogP contribution in [0.3, 0.4) is 0 Å². The number of benzene rings is 1. The maximum Gasteiger partial charge on any atom is 0.338 e. The monoisotopic (exact) mass is 279 g/mol. The third-order valence-corrected chi connectivity index (χ3v) is 2.89. The molecular weight excluding hydrogens is 270 g/mol. The Morgan fingerprint density at radius 1 is 1.44 bits per heavy atom. The molecule has 16 heavy (non-hydrogen) atoms. The normalized spacial score (nSPS) is 10.4. The van der Waals surface area contributed by atoms with E-state index >= 15 is 0 Å². The first kappa shape index (κ1) is 11.1. The van der Waals surface area contributed by atoms with Gasteiger partial charge in [-0.1, -0.05) is 34.1 Å². The Morgan fingerprint density at radius 2 is 2.19 bits per heavy atom. The molecule has 0 unspecified atom stereocenters. The molecule has 0 amide bonds. The molecule has 0 saturated heterocycles. The highest BCUT2D eigenvalue weighted by Crippen LogP contribution is 2.20. The molecule has 0 aliphatic carbocycles. The lowest BCUT2D eigenvalue weighted by Crippen LogP contribution is -2.04. The largest absolute Gasteiger partial charge is 0.465 e. The van der Waals surface area contributed by atoms with Crippen LogP contribution in [0.2, 0.25) is 0 Å². The number of alkyl halides is 1. The first-order valence-electron chi connectivity index (χ1n) is 4.79. The van der Waals surface area contributed by atoms with Crippen molar-refractivity contribution >= 4 is 32.8 Å². The van der Waals surface area contributed by atoms with Gasteiger partial charge in [0, 0.05) is 10.7 Å². The number of nitrogens with zero attached hydrogens (tertiary/aromatic N) is 1. The van der Waals surface area contributed by atoms with Crippen molar-refractivity contribution in [3.63, 3.8) is 0 Å². The van der Waals surface area contributed by atoms with Crippen LogP contribution in [0.1, 0.15) is 16.1 Å². The van der Waals surface area contributed by atoms with Gasteiger partial charge in [-0.25, -0.2) is 4.79 Å². The summed E-state index contributed by atoms with van der Waals surface area (Å²) in [5.74, 6) is -0.333. The first-order valence-corrected chi connectivity index (χ1v) is 5.91. The predicted molar refractivity (Wildman–Crippen MR) is 65.7 cm³/mol. The van der Waals surface area contributed by atoms with Crippen LogP contribution < -0.4 is 0 Å². The van der Waals surface area contributed by atoms with E-state index in [0.29, 0.717) is 10.9 Å². The van der Waals surface area contributed by atoms with Gasteiger partial charge >= 0.3 is 5.97 Å². The van der Waals surface area contributed by atoms with E-state index in [1.54, 1.807) is 6.07 Å². The van der Waals surface area contributed by atoms with Crippen molar-refractivity contribution in [1.82, 2.24) is 4.98 Å². The number of carbonyl (C=O) groups excluding carboxylic acids is 1. The number of rotatable bonds is 2. The highest BCUT2D eigenvalue weighted by molar-refractivity contribution is 9.08. The highest BCUT2D eigenvalue weighted by Gasteiger charge is 2.12. The summed E-state index contributed by atoms with van der Waals surface area (Å²) in [5, 5.41) is 1.43. The molecule has 0 aliphatic heterocycles. The fourth-order valence-corrected chi connectivity index (χ4v) is 1.86. The number of methoxy groups -OCH3 is 1. The number of fused-ring (bicyclic) bond motifs is 1. The molecule has 3 nitrogen and oxygen atoms in total. The fourth-order valence-electron chi connectivity index (χ4n) is 1.58. The molecule has 0 atom stereocenters. The van der Waals surface area contributed by atoms with E-state index in [9.17, 15) is 4.79 Å². The Hall–Kier alpha value is -1.42. The molecular formula is C12H10BrNO2. The number of pyridine rings is 1. The van der Waals surface area contributed by atoms with Crippen LogP contribution in [0, 0.1) is 0 Å². The van der Waals surface area contributed by atoms with Crippen molar-refractivity contribution in [3.8, 4) is 0 Å². The third-order valence-electron chi connectivity index (χ3n) is 2.31. The number of hydrogen-bond donors (Lipinski definition) is 0. The second-order valence-electron chi connectivity index (χ2n) is 3.30. The standard InChI is InChI=1S/C12H10BrNO2/c1-16-12(15)10-6-8(7-13)14-11-5-3-2-4-9(10)11/h2-6H,7H2,1H3. The van der Waals surface area contributed by atoms with Gasteiger partial charge in [-0.3, -0.25) is 4.98 Å². The Balaban J connectivity index is 2.73. The van der Waals surface area contributed by atoms with Gasteiger partial charge in [0.15, 0.2) is 0 Å². The van der Waals surface area contributed by atoms with Crippen molar-refractivity contribution in [2.24, 2.45) is 0 Å². The summed E-state index contributed by atoms with van der Waals surface area (Å²) >= 11 is 3.33. The Bertz CT molecular complexity index is 540. The predicted octanol–water partition coefficient (Wildman–Crippen LogP) is 2.92. The number of hydrogen-bond acceptors (Lipinski definition) is 3. The van der Waals surface area contributed by atoms with Gasteiger partial charge < -0.3 is 4.74 Å². The maximum absolute atomic E-state index is 11.6. The van der Waals surface area contributed by atoms with Crippen LogP contribution in [-0.2, 0) is 10.1 Å². The summed E-state index contributed by atoms with van der Waals surface area (Å²) in [4.78, 5) is 16.0. The second kappa shape index (κ2) is 4.61. The Kier molecular flexibility index (Phi) is 3.19. The second-order valence-corrected chi connectivity index (χ2v) is 3.86. The molecule has 0 radical (unpaired) electrons. The number of ether oxygens (including phenoxy) is 1. The van der Waals surface area contributed by atoms with Gasteiger partial charge in [0.25, 0.3) is 0 Å². The molecule has 0 saturated carbocycles. The number of aromatic nitrogens is 1. The van der Waals surface area contributed by atoms with Crippen LogP contribution in [0.25, 0.3) is 10.9 Å². The third kappa shape index (κ3) is 1.93. The lowest BCUT2D eigenvalue weighted by atomic mass is 10.1. The minimum Gasteiger partial charge on any atom is -0.465 e. The van der Waals surface area contributed by atoms with Gasteiger partial charge in [0.1, 0.15) is 0 Å². The van der Waals surface area contributed by atoms with Gasteiger partial charge in [-0.2, -0.15) is 0 Å². The van der Waals surface area contributed by atoms with Crippen LogP contribution >= 0.6 is 15.9 Å². The summed E-state index contributed by atoms with van der Waals surface area (Å²) in [7, 11) is 1.38.